The molecule has 0 radical (unpaired) electrons. The standard InChI is InChI=1S/C13H21N3/c1-4-11-5-6-12(10(11)3)16-13-7-9(2)14-8-15-13/h7-8,10-12H,4-6H2,1-3H3,(H,14,15,16). The first-order chi connectivity index (χ1) is 7.70. The molecule has 88 valence electrons. The molecule has 1 aromatic rings. The van der Waals surface area contributed by atoms with E-state index in [1.807, 2.05) is 13.0 Å². The summed E-state index contributed by atoms with van der Waals surface area (Å²) in [7, 11) is 0. The molecule has 0 amide bonds. The SMILES string of the molecule is CCC1CCC(Nc2cc(C)ncn2)C1C. The molecule has 1 aromatic heterocycles. The highest BCUT2D eigenvalue weighted by Gasteiger charge is 2.31. The predicted molar refractivity (Wildman–Crippen MR) is 66.4 cm³/mol. The van der Waals surface area contributed by atoms with Gasteiger partial charge in [-0.1, -0.05) is 20.3 Å². The Kier molecular flexibility index (Phi) is 3.42. The van der Waals surface area contributed by atoms with E-state index in [9.17, 15) is 0 Å². The van der Waals surface area contributed by atoms with Gasteiger partial charge in [0.2, 0.25) is 0 Å². The van der Waals surface area contributed by atoms with Crippen LogP contribution in [0.3, 0.4) is 0 Å². The van der Waals surface area contributed by atoms with Crippen LogP contribution in [-0.2, 0) is 0 Å². The number of anilines is 1. The molecular formula is C13H21N3. The molecule has 0 spiro atoms. The van der Waals surface area contributed by atoms with Gasteiger partial charge in [0.15, 0.2) is 0 Å². The van der Waals surface area contributed by atoms with Crippen LogP contribution in [0.15, 0.2) is 12.4 Å². The summed E-state index contributed by atoms with van der Waals surface area (Å²) >= 11 is 0. The van der Waals surface area contributed by atoms with Crippen molar-refractivity contribution in [2.45, 2.75) is 46.1 Å². The third-order valence-corrected chi connectivity index (χ3v) is 3.89. The van der Waals surface area contributed by atoms with Crippen molar-refractivity contribution in [3.63, 3.8) is 0 Å². The van der Waals surface area contributed by atoms with E-state index in [2.05, 4.69) is 29.1 Å². The Balaban J connectivity index is 2.00. The fourth-order valence-electron chi connectivity index (χ4n) is 2.75. The largest absolute Gasteiger partial charge is 0.367 e. The number of aryl methyl sites for hydroxylation is 1. The normalized spacial score (nSPS) is 29.3. The molecule has 1 heterocycles. The third-order valence-electron chi connectivity index (χ3n) is 3.89. The lowest BCUT2D eigenvalue weighted by Crippen LogP contribution is -2.25. The number of hydrogen-bond donors (Lipinski definition) is 1. The first kappa shape index (κ1) is 11.4. The summed E-state index contributed by atoms with van der Waals surface area (Å²) < 4.78 is 0. The van der Waals surface area contributed by atoms with Crippen LogP contribution in [0.4, 0.5) is 5.82 Å². The van der Waals surface area contributed by atoms with Crippen molar-refractivity contribution in [1.29, 1.82) is 0 Å². The minimum Gasteiger partial charge on any atom is -0.367 e. The molecule has 0 aliphatic heterocycles. The van der Waals surface area contributed by atoms with Crippen molar-refractivity contribution in [2.24, 2.45) is 11.8 Å². The van der Waals surface area contributed by atoms with E-state index in [0.29, 0.717) is 6.04 Å². The van der Waals surface area contributed by atoms with E-state index in [1.165, 1.54) is 19.3 Å². The first-order valence-electron chi connectivity index (χ1n) is 6.26. The monoisotopic (exact) mass is 219 g/mol. The van der Waals surface area contributed by atoms with E-state index in [1.54, 1.807) is 6.33 Å². The van der Waals surface area contributed by atoms with Gasteiger partial charge in [-0.05, 0) is 31.6 Å². The maximum Gasteiger partial charge on any atom is 0.129 e. The minimum absolute atomic E-state index is 0.583. The molecular weight excluding hydrogens is 198 g/mol. The number of nitrogens with zero attached hydrogens (tertiary/aromatic N) is 2. The van der Waals surface area contributed by atoms with Crippen LogP contribution in [0.2, 0.25) is 0 Å². The van der Waals surface area contributed by atoms with Crippen molar-refractivity contribution in [2.75, 3.05) is 5.32 Å². The van der Waals surface area contributed by atoms with E-state index >= 15 is 0 Å². The van der Waals surface area contributed by atoms with Crippen LogP contribution in [-0.4, -0.2) is 16.0 Å². The molecule has 1 fully saturated rings. The Morgan fingerprint density at radius 3 is 2.81 bits per heavy atom. The Bertz CT molecular complexity index is 351. The fourth-order valence-corrected chi connectivity index (χ4v) is 2.75. The van der Waals surface area contributed by atoms with Crippen molar-refractivity contribution in [3.05, 3.63) is 18.1 Å². The summed E-state index contributed by atoms with van der Waals surface area (Å²) in [6.45, 7) is 6.64. The van der Waals surface area contributed by atoms with E-state index in [0.717, 1.165) is 23.3 Å². The lowest BCUT2D eigenvalue weighted by Gasteiger charge is -2.21. The number of rotatable bonds is 3. The summed E-state index contributed by atoms with van der Waals surface area (Å²) in [5.74, 6) is 2.60. The van der Waals surface area contributed by atoms with Crippen molar-refractivity contribution in [1.82, 2.24) is 9.97 Å². The molecule has 1 saturated carbocycles. The number of nitrogens with one attached hydrogen (secondary N) is 1. The van der Waals surface area contributed by atoms with Gasteiger partial charge < -0.3 is 5.32 Å². The van der Waals surface area contributed by atoms with Crippen LogP contribution in [0.5, 0.6) is 0 Å². The first-order valence-corrected chi connectivity index (χ1v) is 6.26. The summed E-state index contributed by atoms with van der Waals surface area (Å²) in [5.41, 5.74) is 1.02. The average Bonchev–Trinajstić information content (AvgIpc) is 2.60. The molecule has 2 rings (SSSR count). The predicted octanol–water partition coefficient (Wildman–Crippen LogP) is 3.02. The molecule has 3 heteroatoms. The topological polar surface area (TPSA) is 37.8 Å². The second-order valence-corrected chi connectivity index (χ2v) is 4.90. The van der Waals surface area contributed by atoms with Gasteiger partial charge in [0.25, 0.3) is 0 Å². The Morgan fingerprint density at radius 1 is 1.38 bits per heavy atom. The van der Waals surface area contributed by atoms with Gasteiger partial charge in [-0.25, -0.2) is 9.97 Å². The fraction of sp³-hybridized carbons (Fsp3) is 0.692. The number of aromatic nitrogens is 2. The van der Waals surface area contributed by atoms with Gasteiger partial charge in [0, 0.05) is 17.8 Å². The second kappa shape index (κ2) is 4.81. The summed E-state index contributed by atoms with van der Waals surface area (Å²) in [5, 5.41) is 3.54. The molecule has 1 aliphatic rings. The average molecular weight is 219 g/mol. The molecule has 16 heavy (non-hydrogen) atoms. The highest BCUT2D eigenvalue weighted by molar-refractivity contribution is 5.36. The van der Waals surface area contributed by atoms with E-state index in [-0.39, 0.29) is 0 Å². The molecule has 1 aliphatic carbocycles. The van der Waals surface area contributed by atoms with Gasteiger partial charge in [0.1, 0.15) is 12.1 Å². The highest BCUT2D eigenvalue weighted by Crippen LogP contribution is 2.35. The van der Waals surface area contributed by atoms with Crippen LogP contribution in [0.1, 0.15) is 38.8 Å². The maximum atomic E-state index is 4.27. The third kappa shape index (κ3) is 2.34. The molecule has 3 nitrogen and oxygen atoms in total. The zero-order valence-electron chi connectivity index (χ0n) is 10.4. The van der Waals surface area contributed by atoms with Crippen LogP contribution >= 0.6 is 0 Å². The summed E-state index contributed by atoms with van der Waals surface area (Å²) in [4.78, 5) is 8.38. The smallest absolute Gasteiger partial charge is 0.129 e. The van der Waals surface area contributed by atoms with Crippen molar-refractivity contribution in [3.8, 4) is 0 Å². The van der Waals surface area contributed by atoms with Crippen LogP contribution in [0, 0.1) is 18.8 Å². The molecule has 0 saturated heterocycles. The molecule has 1 N–H and O–H groups in total. The zero-order chi connectivity index (χ0) is 11.5. The van der Waals surface area contributed by atoms with Crippen LogP contribution < -0.4 is 5.32 Å². The maximum absolute atomic E-state index is 4.27. The lowest BCUT2D eigenvalue weighted by molar-refractivity contribution is 0.391. The Hall–Kier alpha value is -1.12. The van der Waals surface area contributed by atoms with Gasteiger partial charge in [-0.2, -0.15) is 0 Å². The zero-order valence-corrected chi connectivity index (χ0v) is 10.4. The van der Waals surface area contributed by atoms with Gasteiger partial charge >= 0.3 is 0 Å². The van der Waals surface area contributed by atoms with Crippen LogP contribution in [0.25, 0.3) is 0 Å². The van der Waals surface area contributed by atoms with E-state index in [4.69, 9.17) is 0 Å². The molecule has 3 unspecified atom stereocenters. The Morgan fingerprint density at radius 2 is 2.19 bits per heavy atom. The van der Waals surface area contributed by atoms with Crippen molar-refractivity contribution < 1.29 is 0 Å². The number of hydrogen-bond acceptors (Lipinski definition) is 3. The quantitative estimate of drug-likeness (QED) is 0.849. The van der Waals surface area contributed by atoms with Gasteiger partial charge in [-0.15, -0.1) is 0 Å². The van der Waals surface area contributed by atoms with Gasteiger partial charge in [-0.3, -0.25) is 0 Å². The highest BCUT2D eigenvalue weighted by atomic mass is 15.0. The molecule has 0 aromatic carbocycles. The van der Waals surface area contributed by atoms with Gasteiger partial charge in [0.05, 0.1) is 0 Å². The molecule has 0 bridgehead atoms. The summed E-state index contributed by atoms with van der Waals surface area (Å²) in [6, 6.07) is 2.60. The van der Waals surface area contributed by atoms with Crippen molar-refractivity contribution >= 4 is 5.82 Å². The second-order valence-electron chi connectivity index (χ2n) is 4.90. The minimum atomic E-state index is 0.583. The summed E-state index contributed by atoms with van der Waals surface area (Å²) in [6.07, 6.45) is 5.54. The molecule has 3 atom stereocenters. The lowest BCUT2D eigenvalue weighted by atomic mass is 9.93. The van der Waals surface area contributed by atoms with E-state index < -0.39 is 0 Å². The Labute approximate surface area is 97.7 Å².